The van der Waals surface area contributed by atoms with Crippen LogP contribution in [0.4, 0.5) is 0 Å². The summed E-state index contributed by atoms with van der Waals surface area (Å²) < 4.78 is 20.9. The molecule has 13 heavy (non-hydrogen) atoms. The van der Waals surface area contributed by atoms with Crippen LogP contribution in [0.5, 0.6) is 0 Å². The Kier molecular flexibility index (Phi) is 3.16. The van der Waals surface area contributed by atoms with Gasteiger partial charge in [-0.2, -0.15) is 0 Å². The Hall–Kier alpha value is -1.20. The van der Waals surface area contributed by atoms with Crippen molar-refractivity contribution in [2.45, 2.75) is 11.3 Å². The number of carbonyl (C=O) groups is 1. The summed E-state index contributed by atoms with van der Waals surface area (Å²) in [7, 11) is 0. The molecule has 0 aliphatic heterocycles. The first-order valence-corrected chi connectivity index (χ1v) is 4.63. The Labute approximate surface area is 78.0 Å². The molecular formula is C8H8NO3S-. The predicted molar refractivity (Wildman–Crippen MR) is 46.5 cm³/mol. The van der Waals surface area contributed by atoms with Gasteiger partial charge in [-0.05, 0) is 28.8 Å². The molecule has 0 heterocycles. The highest BCUT2D eigenvalue weighted by Crippen LogP contribution is 2.07. The molecule has 0 saturated carbocycles. The zero-order chi connectivity index (χ0) is 9.84. The van der Waals surface area contributed by atoms with Crippen LogP contribution in [0.15, 0.2) is 29.2 Å². The first kappa shape index (κ1) is 9.88. The summed E-state index contributed by atoms with van der Waals surface area (Å²) in [5.74, 6) is -0.434. The summed E-state index contributed by atoms with van der Waals surface area (Å²) >= 11 is -2.22. The summed E-state index contributed by atoms with van der Waals surface area (Å²) in [6, 6.07) is 5.99. The molecular weight excluding hydrogens is 190 g/mol. The van der Waals surface area contributed by atoms with E-state index in [1.807, 2.05) is 0 Å². The van der Waals surface area contributed by atoms with Crippen LogP contribution < -0.4 is 5.73 Å². The van der Waals surface area contributed by atoms with Crippen LogP contribution >= 0.6 is 0 Å². The maximum absolute atomic E-state index is 10.5. The topological polar surface area (TPSA) is 83.2 Å². The first-order chi connectivity index (χ1) is 6.09. The molecule has 1 rings (SSSR count). The molecule has 5 heteroatoms. The third-order valence-electron chi connectivity index (χ3n) is 1.49. The lowest BCUT2D eigenvalue weighted by Gasteiger charge is -2.04. The van der Waals surface area contributed by atoms with E-state index in [-0.39, 0.29) is 11.3 Å². The van der Waals surface area contributed by atoms with Gasteiger partial charge >= 0.3 is 0 Å². The minimum Gasteiger partial charge on any atom is -0.768 e. The van der Waals surface area contributed by atoms with Crippen molar-refractivity contribution in [1.82, 2.24) is 0 Å². The van der Waals surface area contributed by atoms with Crippen LogP contribution in [0.25, 0.3) is 0 Å². The third-order valence-corrected chi connectivity index (χ3v) is 2.15. The van der Waals surface area contributed by atoms with Crippen LogP contribution in [0.3, 0.4) is 0 Å². The lowest BCUT2D eigenvalue weighted by molar-refractivity contribution is -0.117. The van der Waals surface area contributed by atoms with Gasteiger partial charge in [0.25, 0.3) is 0 Å². The summed E-state index contributed by atoms with van der Waals surface area (Å²) in [6.07, 6.45) is 0.131. The summed E-state index contributed by atoms with van der Waals surface area (Å²) in [6.45, 7) is 0. The maximum Gasteiger partial charge on any atom is 0.221 e. The van der Waals surface area contributed by atoms with Gasteiger partial charge in [-0.15, -0.1) is 0 Å². The molecule has 0 aliphatic carbocycles. The number of primary amides is 1. The molecule has 0 radical (unpaired) electrons. The highest BCUT2D eigenvalue weighted by atomic mass is 32.2. The van der Waals surface area contributed by atoms with Crippen LogP contribution in [-0.4, -0.2) is 14.7 Å². The lowest BCUT2D eigenvalue weighted by atomic mass is 10.1. The molecule has 0 fully saturated rings. The number of carbonyl (C=O) groups excluding carboxylic acids is 1. The van der Waals surface area contributed by atoms with Gasteiger partial charge in [-0.1, -0.05) is 12.1 Å². The summed E-state index contributed by atoms with van der Waals surface area (Å²) in [5, 5.41) is 0. The monoisotopic (exact) mass is 198 g/mol. The molecule has 0 aliphatic rings. The van der Waals surface area contributed by atoms with E-state index >= 15 is 0 Å². The smallest absolute Gasteiger partial charge is 0.221 e. The maximum atomic E-state index is 10.5. The third kappa shape index (κ3) is 2.96. The van der Waals surface area contributed by atoms with E-state index < -0.39 is 17.0 Å². The number of nitrogens with two attached hydrogens (primary N) is 1. The fourth-order valence-corrected chi connectivity index (χ4v) is 1.28. The van der Waals surface area contributed by atoms with Gasteiger partial charge < -0.3 is 10.3 Å². The predicted octanol–water partition coefficient (Wildman–Crippen LogP) is -0.0476. The lowest BCUT2D eigenvalue weighted by Crippen LogP contribution is -2.13. The number of rotatable bonds is 3. The van der Waals surface area contributed by atoms with Crippen molar-refractivity contribution in [1.29, 1.82) is 0 Å². The van der Waals surface area contributed by atoms with Gasteiger partial charge in [-0.3, -0.25) is 9.00 Å². The molecule has 70 valence electrons. The molecule has 0 spiro atoms. The van der Waals surface area contributed by atoms with Gasteiger partial charge in [0.2, 0.25) is 5.91 Å². The first-order valence-electron chi connectivity index (χ1n) is 3.56. The zero-order valence-electron chi connectivity index (χ0n) is 6.73. The van der Waals surface area contributed by atoms with Crippen LogP contribution in [0.1, 0.15) is 5.56 Å². The number of amides is 1. The summed E-state index contributed by atoms with van der Waals surface area (Å²) in [5.41, 5.74) is 5.67. The highest BCUT2D eigenvalue weighted by molar-refractivity contribution is 7.79. The fraction of sp³-hybridized carbons (Fsp3) is 0.125. The van der Waals surface area contributed by atoms with E-state index in [0.29, 0.717) is 5.56 Å². The molecule has 1 aromatic rings. The van der Waals surface area contributed by atoms with Crippen molar-refractivity contribution in [3.8, 4) is 0 Å². The number of hydrogen-bond donors (Lipinski definition) is 1. The van der Waals surface area contributed by atoms with Crippen molar-refractivity contribution < 1.29 is 13.6 Å². The number of hydrogen-bond acceptors (Lipinski definition) is 3. The Morgan fingerprint density at radius 3 is 2.31 bits per heavy atom. The fourth-order valence-electron chi connectivity index (χ4n) is 0.920. The quantitative estimate of drug-likeness (QED) is 0.691. The normalized spacial score (nSPS) is 12.4. The second kappa shape index (κ2) is 4.15. The average Bonchev–Trinajstić information content (AvgIpc) is 2.04. The van der Waals surface area contributed by atoms with E-state index in [2.05, 4.69) is 0 Å². The van der Waals surface area contributed by atoms with Gasteiger partial charge in [0, 0.05) is 4.90 Å². The molecule has 1 aromatic carbocycles. The molecule has 0 bridgehead atoms. The van der Waals surface area contributed by atoms with Gasteiger partial charge in [0.05, 0.1) is 6.42 Å². The van der Waals surface area contributed by atoms with E-state index in [9.17, 15) is 13.6 Å². The molecule has 4 nitrogen and oxygen atoms in total. The van der Waals surface area contributed by atoms with E-state index in [1.54, 1.807) is 12.1 Å². The zero-order valence-corrected chi connectivity index (χ0v) is 7.54. The molecule has 0 saturated heterocycles. The van der Waals surface area contributed by atoms with Crippen molar-refractivity contribution in [3.63, 3.8) is 0 Å². The minimum atomic E-state index is -2.22. The second-order valence-electron chi connectivity index (χ2n) is 2.52. The largest absolute Gasteiger partial charge is 0.768 e. The van der Waals surface area contributed by atoms with Crippen LogP contribution in [0, 0.1) is 0 Å². The number of benzene rings is 1. The van der Waals surface area contributed by atoms with Gasteiger partial charge in [0.1, 0.15) is 0 Å². The van der Waals surface area contributed by atoms with Crippen molar-refractivity contribution in [3.05, 3.63) is 29.8 Å². The molecule has 2 N–H and O–H groups in total. The van der Waals surface area contributed by atoms with Crippen LogP contribution in [-0.2, 0) is 22.3 Å². The Morgan fingerprint density at radius 1 is 1.38 bits per heavy atom. The minimum absolute atomic E-state index is 0.131. The van der Waals surface area contributed by atoms with Gasteiger partial charge in [-0.25, -0.2) is 0 Å². The Morgan fingerprint density at radius 2 is 1.92 bits per heavy atom. The van der Waals surface area contributed by atoms with E-state index in [4.69, 9.17) is 5.73 Å². The van der Waals surface area contributed by atoms with Crippen LogP contribution in [0.2, 0.25) is 0 Å². The standard InChI is InChI=1S/C8H9NO3S/c9-8(10)5-6-1-3-7(4-2-6)13(11)12/h1-4H,5H2,(H2,9,10)(H,11,12)/p-1. The molecule has 0 aromatic heterocycles. The Balaban J connectivity index is 2.81. The SMILES string of the molecule is NC(=O)Cc1ccc(S(=O)[O-])cc1. The highest BCUT2D eigenvalue weighted by Gasteiger charge is 1.98. The van der Waals surface area contributed by atoms with Crippen molar-refractivity contribution >= 4 is 17.0 Å². The average molecular weight is 198 g/mol. The van der Waals surface area contributed by atoms with Crippen molar-refractivity contribution in [2.75, 3.05) is 0 Å². The molecule has 1 atom stereocenters. The second-order valence-corrected chi connectivity index (χ2v) is 3.46. The molecule has 1 unspecified atom stereocenters. The summed E-state index contributed by atoms with van der Waals surface area (Å²) in [4.78, 5) is 10.7. The van der Waals surface area contributed by atoms with E-state index in [1.165, 1.54) is 12.1 Å². The Bertz CT molecular complexity index is 334. The van der Waals surface area contributed by atoms with E-state index in [0.717, 1.165) is 0 Å². The van der Waals surface area contributed by atoms with Crippen molar-refractivity contribution in [2.24, 2.45) is 5.73 Å². The molecule has 1 amide bonds. The van der Waals surface area contributed by atoms with Gasteiger partial charge in [0.15, 0.2) is 0 Å².